The number of hydrogen-bond donors (Lipinski definition) is 3. The van der Waals surface area contributed by atoms with Crippen molar-refractivity contribution in [1.29, 1.82) is 0 Å². The van der Waals surface area contributed by atoms with E-state index in [1.807, 2.05) is 25.1 Å². The van der Waals surface area contributed by atoms with E-state index in [9.17, 15) is 9.59 Å². The van der Waals surface area contributed by atoms with Crippen LogP contribution in [0.15, 0.2) is 18.2 Å². The predicted octanol–water partition coefficient (Wildman–Crippen LogP) is 2.75. The fourth-order valence-electron chi connectivity index (χ4n) is 3.96. The molecule has 148 valence electrons. The molecule has 1 saturated heterocycles. The van der Waals surface area contributed by atoms with E-state index in [1.54, 1.807) is 0 Å². The number of ether oxygens (including phenoxy) is 1. The van der Waals surface area contributed by atoms with E-state index < -0.39 is 5.97 Å². The lowest BCUT2D eigenvalue weighted by atomic mass is 9.86. The second-order valence-electron chi connectivity index (χ2n) is 7.84. The highest BCUT2D eigenvalue weighted by atomic mass is 16.5. The van der Waals surface area contributed by atoms with Crippen molar-refractivity contribution in [1.82, 2.24) is 10.6 Å². The van der Waals surface area contributed by atoms with Crippen LogP contribution in [0.25, 0.3) is 0 Å². The molecule has 0 spiro atoms. The zero-order valence-corrected chi connectivity index (χ0v) is 16.0. The molecule has 0 radical (unpaired) electrons. The lowest BCUT2D eigenvalue weighted by Crippen LogP contribution is -2.38. The van der Waals surface area contributed by atoms with Crippen LogP contribution >= 0.6 is 0 Å². The van der Waals surface area contributed by atoms with Crippen molar-refractivity contribution in [3.63, 3.8) is 0 Å². The maximum absolute atomic E-state index is 12.5. The van der Waals surface area contributed by atoms with Gasteiger partial charge in [-0.2, -0.15) is 0 Å². The Hall–Kier alpha value is -2.08. The standard InChI is InChI=1S/C21H30N2O4/c1-14-12-17(4-7-19(14)27-13-15-8-10-22-11-9-15)20(24)23-18-5-2-16(3-6-18)21(25)26/h4,7,12,15-16,18,22H,2-3,5-6,8-11,13H2,1H3,(H,23,24)(H,25,26). The SMILES string of the molecule is Cc1cc(C(=O)NC2CCC(C(=O)O)CC2)ccc1OCC1CCNCC1. The fraction of sp³-hybridized carbons (Fsp3) is 0.619. The minimum Gasteiger partial charge on any atom is -0.493 e. The topological polar surface area (TPSA) is 87.7 Å². The molecule has 0 atom stereocenters. The highest BCUT2D eigenvalue weighted by Crippen LogP contribution is 2.25. The highest BCUT2D eigenvalue weighted by Gasteiger charge is 2.27. The zero-order chi connectivity index (χ0) is 19.2. The molecule has 3 rings (SSSR count). The molecule has 1 aromatic rings. The van der Waals surface area contributed by atoms with Crippen molar-refractivity contribution in [2.75, 3.05) is 19.7 Å². The largest absolute Gasteiger partial charge is 0.493 e. The number of piperidine rings is 1. The van der Waals surface area contributed by atoms with Crippen molar-refractivity contribution in [3.05, 3.63) is 29.3 Å². The Balaban J connectivity index is 1.50. The van der Waals surface area contributed by atoms with E-state index in [2.05, 4.69) is 10.6 Å². The molecular weight excluding hydrogens is 344 g/mol. The van der Waals surface area contributed by atoms with Crippen molar-refractivity contribution in [3.8, 4) is 5.75 Å². The van der Waals surface area contributed by atoms with Crippen LogP contribution in [0.2, 0.25) is 0 Å². The van der Waals surface area contributed by atoms with Gasteiger partial charge in [0.2, 0.25) is 0 Å². The average Bonchev–Trinajstić information content (AvgIpc) is 2.68. The summed E-state index contributed by atoms with van der Waals surface area (Å²) < 4.78 is 5.98. The van der Waals surface area contributed by atoms with Gasteiger partial charge in [-0.05, 0) is 88.2 Å². The molecule has 0 unspecified atom stereocenters. The Morgan fingerprint density at radius 1 is 1.15 bits per heavy atom. The zero-order valence-electron chi connectivity index (χ0n) is 16.0. The summed E-state index contributed by atoms with van der Waals surface area (Å²) in [6.45, 7) is 4.80. The fourth-order valence-corrected chi connectivity index (χ4v) is 3.96. The first-order valence-electron chi connectivity index (χ1n) is 10.0. The van der Waals surface area contributed by atoms with Crippen LogP contribution in [0.1, 0.15) is 54.4 Å². The van der Waals surface area contributed by atoms with Crippen molar-refractivity contribution in [2.45, 2.75) is 51.5 Å². The minimum atomic E-state index is -0.726. The lowest BCUT2D eigenvalue weighted by Gasteiger charge is -2.27. The molecule has 1 saturated carbocycles. The summed E-state index contributed by atoms with van der Waals surface area (Å²) in [5, 5.41) is 15.5. The van der Waals surface area contributed by atoms with E-state index >= 15 is 0 Å². The van der Waals surface area contributed by atoms with Gasteiger partial charge in [-0.1, -0.05) is 0 Å². The quantitative estimate of drug-likeness (QED) is 0.713. The van der Waals surface area contributed by atoms with Crippen LogP contribution in [-0.4, -0.2) is 42.7 Å². The predicted molar refractivity (Wildman–Crippen MR) is 103 cm³/mol. The third-order valence-corrected chi connectivity index (χ3v) is 5.78. The van der Waals surface area contributed by atoms with E-state index in [0.717, 1.165) is 56.7 Å². The molecule has 2 fully saturated rings. The van der Waals surface area contributed by atoms with Crippen LogP contribution in [-0.2, 0) is 4.79 Å². The molecule has 0 aromatic heterocycles. The Kier molecular flexibility index (Phi) is 6.72. The lowest BCUT2D eigenvalue weighted by molar-refractivity contribution is -0.142. The van der Waals surface area contributed by atoms with Gasteiger partial charge in [0.15, 0.2) is 0 Å². The van der Waals surface area contributed by atoms with Gasteiger partial charge in [0.25, 0.3) is 5.91 Å². The first-order chi connectivity index (χ1) is 13.0. The third-order valence-electron chi connectivity index (χ3n) is 5.78. The Morgan fingerprint density at radius 3 is 2.48 bits per heavy atom. The monoisotopic (exact) mass is 374 g/mol. The first-order valence-corrected chi connectivity index (χ1v) is 10.0. The summed E-state index contributed by atoms with van der Waals surface area (Å²) >= 11 is 0. The second kappa shape index (κ2) is 9.22. The first kappa shape index (κ1) is 19.7. The summed E-state index contributed by atoms with van der Waals surface area (Å²) in [5.74, 6) is 0.343. The number of carboxylic acids is 1. The van der Waals surface area contributed by atoms with Gasteiger partial charge >= 0.3 is 5.97 Å². The number of carbonyl (C=O) groups is 2. The second-order valence-corrected chi connectivity index (χ2v) is 7.84. The van der Waals surface area contributed by atoms with Crippen molar-refractivity contribution >= 4 is 11.9 Å². The van der Waals surface area contributed by atoms with E-state index in [1.165, 1.54) is 0 Å². The van der Waals surface area contributed by atoms with Crippen molar-refractivity contribution in [2.24, 2.45) is 11.8 Å². The van der Waals surface area contributed by atoms with Crippen LogP contribution < -0.4 is 15.4 Å². The molecule has 3 N–H and O–H groups in total. The number of amides is 1. The Morgan fingerprint density at radius 2 is 1.85 bits per heavy atom. The van der Waals surface area contributed by atoms with Gasteiger partial charge in [-0.25, -0.2) is 0 Å². The molecule has 1 heterocycles. The molecule has 2 aliphatic rings. The summed E-state index contributed by atoms with van der Waals surface area (Å²) in [5.41, 5.74) is 1.59. The molecule has 0 bridgehead atoms. The van der Waals surface area contributed by atoms with Crippen LogP contribution in [0.3, 0.4) is 0 Å². The number of benzene rings is 1. The van der Waals surface area contributed by atoms with Crippen LogP contribution in [0.4, 0.5) is 0 Å². The Bertz CT molecular complexity index is 662. The number of carboxylic acid groups (broad SMARTS) is 1. The molecule has 6 heteroatoms. The number of nitrogens with one attached hydrogen (secondary N) is 2. The normalized spacial score (nSPS) is 23.6. The number of aliphatic carboxylic acids is 1. The van der Waals surface area contributed by atoms with Gasteiger partial charge in [0, 0.05) is 11.6 Å². The maximum Gasteiger partial charge on any atom is 0.306 e. The molecule has 1 aromatic carbocycles. The summed E-state index contributed by atoms with van der Waals surface area (Å²) in [7, 11) is 0. The number of carbonyl (C=O) groups excluding carboxylic acids is 1. The summed E-state index contributed by atoms with van der Waals surface area (Å²) in [6.07, 6.45) is 4.98. The van der Waals surface area contributed by atoms with Gasteiger partial charge in [0.1, 0.15) is 5.75 Å². The minimum absolute atomic E-state index is 0.0595. The molecule has 27 heavy (non-hydrogen) atoms. The molecule has 1 aliphatic carbocycles. The maximum atomic E-state index is 12.5. The third kappa shape index (κ3) is 5.45. The number of aryl methyl sites for hydroxylation is 1. The van der Waals surface area contributed by atoms with Crippen LogP contribution in [0.5, 0.6) is 5.75 Å². The number of rotatable bonds is 6. The summed E-state index contributed by atoms with van der Waals surface area (Å²) in [6, 6.07) is 5.62. The molecule has 1 amide bonds. The van der Waals surface area contributed by atoms with Gasteiger partial charge in [-0.15, -0.1) is 0 Å². The van der Waals surface area contributed by atoms with Crippen molar-refractivity contribution < 1.29 is 19.4 Å². The highest BCUT2D eigenvalue weighted by molar-refractivity contribution is 5.94. The van der Waals surface area contributed by atoms with Gasteiger partial charge < -0.3 is 20.5 Å². The van der Waals surface area contributed by atoms with E-state index in [0.29, 0.717) is 24.3 Å². The van der Waals surface area contributed by atoms with E-state index in [4.69, 9.17) is 9.84 Å². The number of hydrogen-bond acceptors (Lipinski definition) is 4. The average molecular weight is 374 g/mol. The molecule has 1 aliphatic heterocycles. The van der Waals surface area contributed by atoms with Gasteiger partial charge in [0.05, 0.1) is 12.5 Å². The summed E-state index contributed by atoms with van der Waals surface area (Å²) in [4.78, 5) is 23.5. The Labute approximate surface area is 160 Å². The molecular formula is C21H30N2O4. The smallest absolute Gasteiger partial charge is 0.306 e. The molecule has 6 nitrogen and oxygen atoms in total. The van der Waals surface area contributed by atoms with Gasteiger partial charge in [-0.3, -0.25) is 9.59 Å². The van der Waals surface area contributed by atoms with E-state index in [-0.39, 0.29) is 17.9 Å². The van der Waals surface area contributed by atoms with Crippen LogP contribution in [0, 0.1) is 18.8 Å².